The molecule has 0 atom stereocenters. The van der Waals surface area contributed by atoms with Gasteiger partial charge in [0.05, 0.1) is 12.1 Å². The number of nitrogens with two attached hydrogens (primary N) is 1. The third kappa shape index (κ3) is 5.81. The summed E-state index contributed by atoms with van der Waals surface area (Å²) in [6.07, 6.45) is 0.932. The fourth-order valence-electron chi connectivity index (χ4n) is 1.72. The van der Waals surface area contributed by atoms with Crippen LogP contribution >= 0.6 is 11.6 Å². The average molecular weight is 315 g/mol. The molecule has 1 aromatic carbocycles. The van der Waals surface area contributed by atoms with Crippen LogP contribution in [0.4, 0.5) is 0 Å². The number of nitrogens with one attached hydrogen (secondary N) is 1. The third-order valence-electron chi connectivity index (χ3n) is 2.92. The van der Waals surface area contributed by atoms with Crippen LogP contribution in [0.25, 0.3) is 0 Å². The Bertz CT molecular complexity index is 478. The zero-order valence-electron chi connectivity index (χ0n) is 12.7. The molecule has 0 heterocycles. The molecule has 0 saturated heterocycles. The topological polar surface area (TPSA) is 73.6 Å². The van der Waals surface area contributed by atoms with Gasteiger partial charge in [0.25, 0.3) is 5.91 Å². The first kappa shape index (κ1) is 17.6. The number of benzene rings is 1. The van der Waals surface area contributed by atoms with E-state index < -0.39 is 0 Å². The number of amides is 1. The second kappa shape index (κ2) is 8.74. The summed E-state index contributed by atoms with van der Waals surface area (Å²) in [6.45, 7) is 5.09. The lowest BCUT2D eigenvalue weighted by molar-refractivity contribution is -0.123. The van der Waals surface area contributed by atoms with Gasteiger partial charge < -0.3 is 20.5 Å². The van der Waals surface area contributed by atoms with E-state index in [4.69, 9.17) is 26.8 Å². The van der Waals surface area contributed by atoms with Crippen molar-refractivity contribution in [1.82, 2.24) is 5.32 Å². The van der Waals surface area contributed by atoms with Crippen LogP contribution in [0.3, 0.4) is 0 Å². The van der Waals surface area contributed by atoms with Crippen LogP contribution in [-0.2, 0) is 11.3 Å². The van der Waals surface area contributed by atoms with E-state index in [1.165, 1.54) is 7.11 Å². The summed E-state index contributed by atoms with van der Waals surface area (Å²) in [5.74, 6) is 1.19. The molecule has 3 N–H and O–H groups in total. The number of hydrogen-bond donors (Lipinski definition) is 2. The first-order valence-electron chi connectivity index (χ1n) is 6.93. The minimum absolute atomic E-state index is 0.101. The lowest BCUT2D eigenvalue weighted by Crippen LogP contribution is -2.30. The molecular formula is C15H23ClN2O3. The molecule has 0 saturated carbocycles. The zero-order valence-corrected chi connectivity index (χ0v) is 13.5. The SMILES string of the molecule is COc1cc(CN)cc(Cl)c1OCC(=O)NCCC(C)C. The van der Waals surface area contributed by atoms with Gasteiger partial charge >= 0.3 is 0 Å². The molecule has 0 unspecified atom stereocenters. The van der Waals surface area contributed by atoms with Gasteiger partial charge in [-0.25, -0.2) is 0 Å². The molecule has 0 aliphatic heterocycles. The van der Waals surface area contributed by atoms with Crippen LogP contribution in [0.5, 0.6) is 11.5 Å². The molecule has 1 amide bonds. The van der Waals surface area contributed by atoms with Crippen molar-refractivity contribution in [2.75, 3.05) is 20.3 Å². The van der Waals surface area contributed by atoms with Crippen LogP contribution < -0.4 is 20.5 Å². The predicted octanol–water partition coefficient (Wildman–Crippen LogP) is 2.35. The number of methoxy groups -OCH3 is 1. The Hall–Kier alpha value is -1.46. The molecule has 0 bridgehead atoms. The van der Waals surface area contributed by atoms with Gasteiger partial charge in [0.1, 0.15) is 0 Å². The van der Waals surface area contributed by atoms with E-state index in [1.807, 2.05) is 0 Å². The minimum atomic E-state index is -0.184. The lowest BCUT2D eigenvalue weighted by atomic mass is 10.1. The van der Waals surface area contributed by atoms with Crippen LogP contribution in [0.2, 0.25) is 5.02 Å². The fraction of sp³-hybridized carbons (Fsp3) is 0.533. The Morgan fingerprint density at radius 1 is 1.43 bits per heavy atom. The molecule has 21 heavy (non-hydrogen) atoms. The van der Waals surface area contributed by atoms with Crippen molar-refractivity contribution < 1.29 is 14.3 Å². The number of rotatable bonds is 8. The summed E-state index contributed by atoms with van der Waals surface area (Å²) in [4.78, 5) is 11.7. The first-order valence-corrected chi connectivity index (χ1v) is 7.31. The number of hydrogen-bond acceptors (Lipinski definition) is 4. The van der Waals surface area contributed by atoms with E-state index in [9.17, 15) is 4.79 Å². The summed E-state index contributed by atoms with van der Waals surface area (Å²) in [6, 6.07) is 3.45. The maximum atomic E-state index is 11.7. The van der Waals surface area contributed by atoms with Gasteiger partial charge in [-0.3, -0.25) is 4.79 Å². The lowest BCUT2D eigenvalue weighted by Gasteiger charge is -2.14. The van der Waals surface area contributed by atoms with Gasteiger partial charge in [0.2, 0.25) is 0 Å². The summed E-state index contributed by atoms with van der Waals surface area (Å²) in [7, 11) is 1.52. The Kier molecular flexibility index (Phi) is 7.32. The van der Waals surface area contributed by atoms with Crippen LogP contribution in [0.1, 0.15) is 25.8 Å². The maximum absolute atomic E-state index is 11.7. The molecule has 0 radical (unpaired) electrons. The van der Waals surface area contributed by atoms with E-state index in [-0.39, 0.29) is 12.5 Å². The van der Waals surface area contributed by atoms with E-state index in [2.05, 4.69) is 19.2 Å². The molecule has 0 aliphatic rings. The van der Waals surface area contributed by atoms with Crippen molar-refractivity contribution in [2.45, 2.75) is 26.8 Å². The van der Waals surface area contributed by atoms with E-state index in [0.29, 0.717) is 35.5 Å². The quantitative estimate of drug-likeness (QED) is 0.772. The van der Waals surface area contributed by atoms with Gasteiger partial charge in [0, 0.05) is 13.1 Å². The summed E-state index contributed by atoms with van der Waals surface area (Å²) >= 11 is 6.13. The number of halogens is 1. The van der Waals surface area contributed by atoms with Gasteiger partial charge in [-0.05, 0) is 30.0 Å². The molecule has 0 aromatic heterocycles. The Morgan fingerprint density at radius 3 is 2.71 bits per heavy atom. The molecule has 0 fully saturated rings. The van der Waals surface area contributed by atoms with Crippen LogP contribution in [0, 0.1) is 5.92 Å². The van der Waals surface area contributed by atoms with Gasteiger partial charge in [-0.15, -0.1) is 0 Å². The van der Waals surface area contributed by atoms with Crippen molar-refractivity contribution in [3.8, 4) is 11.5 Å². The molecule has 1 aromatic rings. The Morgan fingerprint density at radius 2 is 2.14 bits per heavy atom. The molecular weight excluding hydrogens is 292 g/mol. The molecule has 1 rings (SSSR count). The second-order valence-corrected chi connectivity index (χ2v) is 5.54. The van der Waals surface area contributed by atoms with Gasteiger partial charge in [-0.1, -0.05) is 25.4 Å². The third-order valence-corrected chi connectivity index (χ3v) is 3.20. The number of ether oxygens (including phenoxy) is 2. The van der Waals surface area contributed by atoms with Crippen molar-refractivity contribution in [3.05, 3.63) is 22.7 Å². The second-order valence-electron chi connectivity index (χ2n) is 5.13. The highest BCUT2D eigenvalue weighted by Crippen LogP contribution is 2.36. The monoisotopic (exact) mass is 314 g/mol. The zero-order chi connectivity index (χ0) is 15.8. The molecule has 0 spiro atoms. The molecule has 6 heteroatoms. The van der Waals surface area contributed by atoms with Crippen molar-refractivity contribution >= 4 is 17.5 Å². The number of carbonyl (C=O) groups is 1. The Balaban J connectivity index is 2.60. The Labute approximate surface area is 130 Å². The minimum Gasteiger partial charge on any atom is -0.493 e. The van der Waals surface area contributed by atoms with Crippen molar-refractivity contribution in [2.24, 2.45) is 11.7 Å². The van der Waals surface area contributed by atoms with Crippen molar-refractivity contribution in [1.29, 1.82) is 0 Å². The van der Waals surface area contributed by atoms with E-state index >= 15 is 0 Å². The molecule has 118 valence electrons. The fourth-order valence-corrected chi connectivity index (χ4v) is 2.01. The van der Waals surface area contributed by atoms with Crippen LogP contribution in [-0.4, -0.2) is 26.2 Å². The predicted molar refractivity (Wildman–Crippen MR) is 83.9 cm³/mol. The maximum Gasteiger partial charge on any atom is 0.257 e. The largest absolute Gasteiger partial charge is 0.493 e. The molecule has 0 aliphatic carbocycles. The van der Waals surface area contributed by atoms with E-state index in [0.717, 1.165) is 12.0 Å². The summed E-state index contributed by atoms with van der Waals surface area (Å²) < 4.78 is 10.7. The van der Waals surface area contributed by atoms with Crippen LogP contribution in [0.15, 0.2) is 12.1 Å². The highest BCUT2D eigenvalue weighted by Gasteiger charge is 2.13. The van der Waals surface area contributed by atoms with Gasteiger partial charge in [-0.2, -0.15) is 0 Å². The normalized spacial score (nSPS) is 10.6. The summed E-state index contributed by atoms with van der Waals surface area (Å²) in [5, 5.41) is 3.18. The number of carbonyl (C=O) groups excluding carboxylic acids is 1. The standard InChI is InChI=1S/C15H23ClN2O3/c1-10(2)4-5-18-14(19)9-21-15-12(16)6-11(8-17)7-13(15)20-3/h6-7,10H,4-5,8-9,17H2,1-3H3,(H,18,19). The van der Waals surface area contributed by atoms with E-state index in [1.54, 1.807) is 12.1 Å². The summed E-state index contributed by atoms with van der Waals surface area (Å²) in [5.41, 5.74) is 6.41. The van der Waals surface area contributed by atoms with Crippen molar-refractivity contribution in [3.63, 3.8) is 0 Å². The molecule has 5 nitrogen and oxygen atoms in total. The van der Waals surface area contributed by atoms with Gasteiger partial charge in [0.15, 0.2) is 18.1 Å². The highest BCUT2D eigenvalue weighted by molar-refractivity contribution is 6.32. The smallest absolute Gasteiger partial charge is 0.257 e. The highest BCUT2D eigenvalue weighted by atomic mass is 35.5. The average Bonchev–Trinajstić information content (AvgIpc) is 2.44. The first-order chi connectivity index (χ1) is 9.97.